The SMILES string of the molecule is C[C@@](O)(c1ccc(Cl)c(Cl)c1)C1O[C@@H](n2ccc3c(N)ncnc32)[C@H](O)[C@@H]1O. The van der Waals surface area contributed by atoms with Crippen LogP contribution in [0.4, 0.5) is 5.82 Å². The van der Waals surface area contributed by atoms with Crippen molar-refractivity contribution in [3.63, 3.8) is 0 Å². The minimum absolute atomic E-state index is 0.257. The summed E-state index contributed by atoms with van der Waals surface area (Å²) >= 11 is 12.0. The fraction of sp³-hybridized carbons (Fsp3) is 0.333. The van der Waals surface area contributed by atoms with Gasteiger partial charge >= 0.3 is 0 Å². The molecular weight excluding hydrogens is 407 g/mol. The molecule has 28 heavy (non-hydrogen) atoms. The Morgan fingerprint density at radius 2 is 1.89 bits per heavy atom. The van der Waals surface area contributed by atoms with Crippen LogP contribution in [0.1, 0.15) is 18.7 Å². The quantitative estimate of drug-likeness (QED) is 0.505. The molecule has 3 aromatic rings. The number of nitrogen functional groups attached to an aromatic ring is 1. The zero-order chi connectivity index (χ0) is 20.2. The molecule has 1 saturated heterocycles. The number of halogens is 2. The van der Waals surface area contributed by atoms with E-state index in [1.807, 2.05) is 0 Å². The van der Waals surface area contributed by atoms with Gasteiger partial charge in [0.05, 0.1) is 15.4 Å². The van der Waals surface area contributed by atoms with Crippen LogP contribution < -0.4 is 5.73 Å². The number of benzene rings is 1. The smallest absolute Gasteiger partial charge is 0.164 e. The number of aromatic nitrogens is 3. The number of hydrogen-bond donors (Lipinski definition) is 4. The van der Waals surface area contributed by atoms with Crippen LogP contribution in [0, 0.1) is 0 Å². The van der Waals surface area contributed by atoms with Crippen molar-refractivity contribution in [2.45, 2.75) is 37.1 Å². The van der Waals surface area contributed by atoms with Crippen LogP contribution >= 0.6 is 23.2 Å². The van der Waals surface area contributed by atoms with Gasteiger partial charge in [-0.15, -0.1) is 0 Å². The molecule has 0 amide bonds. The van der Waals surface area contributed by atoms with Crippen molar-refractivity contribution in [3.8, 4) is 0 Å². The van der Waals surface area contributed by atoms with Gasteiger partial charge in [0, 0.05) is 6.20 Å². The van der Waals surface area contributed by atoms with Gasteiger partial charge in [0.2, 0.25) is 0 Å². The first-order valence-electron chi connectivity index (χ1n) is 8.48. The van der Waals surface area contributed by atoms with E-state index in [2.05, 4.69) is 9.97 Å². The molecule has 2 aromatic heterocycles. The van der Waals surface area contributed by atoms with E-state index in [0.29, 0.717) is 21.6 Å². The van der Waals surface area contributed by atoms with Gasteiger partial charge in [-0.25, -0.2) is 9.97 Å². The highest BCUT2D eigenvalue weighted by Gasteiger charge is 2.52. The van der Waals surface area contributed by atoms with Crippen molar-refractivity contribution in [1.82, 2.24) is 14.5 Å². The molecule has 1 aliphatic rings. The van der Waals surface area contributed by atoms with Gasteiger partial charge in [-0.1, -0.05) is 29.3 Å². The standard InChI is InChI=1S/C18H18Cl2N4O4/c1-18(27,8-2-3-10(19)11(20)6-8)14-12(25)13(26)17(28-14)24-5-4-9-15(21)22-7-23-16(9)24/h2-7,12-14,17,25-27H,1H3,(H2,21,22,23)/t12-,13+,14?,17+,18+/m0/s1. The molecule has 10 heteroatoms. The average Bonchev–Trinajstić information content (AvgIpc) is 3.20. The van der Waals surface area contributed by atoms with Crippen molar-refractivity contribution < 1.29 is 20.1 Å². The molecular formula is C18H18Cl2N4O4. The monoisotopic (exact) mass is 424 g/mol. The molecule has 4 rings (SSSR count). The van der Waals surface area contributed by atoms with Crippen molar-refractivity contribution in [2.24, 2.45) is 0 Å². The van der Waals surface area contributed by atoms with Crippen LogP contribution in [0.15, 0.2) is 36.8 Å². The van der Waals surface area contributed by atoms with E-state index < -0.39 is 30.1 Å². The molecule has 1 unspecified atom stereocenters. The van der Waals surface area contributed by atoms with Gasteiger partial charge in [0.1, 0.15) is 41.7 Å². The highest BCUT2D eigenvalue weighted by molar-refractivity contribution is 6.42. The molecule has 0 radical (unpaired) electrons. The second kappa shape index (κ2) is 6.84. The molecule has 0 aliphatic carbocycles. The first-order valence-corrected chi connectivity index (χ1v) is 9.24. The van der Waals surface area contributed by atoms with Gasteiger partial charge < -0.3 is 30.4 Å². The lowest BCUT2D eigenvalue weighted by molar-refractivity contribution is -0.135. The summed E-state index contributed by atoms with van der Waals surface area (Å²) in [7, 11) is 0. The fourth-order valence-corrected chi connectivity index (χ4v) is 3.82. The third-order valence-electron chi connectivity index (χ3n) is 5.11. The Morgan fingerprint density at radius 3 is 2.61 bits per heavy atom. The van der Waals surface area contributed by atoms with Crippen molar-refractivity contribution in [3.05, 3.63) is 52.4 Å². The van der Waals surface area contributed by atoms with E-state index in [1.165, 1.54) is 19.3 Å². The topological polar surface area (TPSA) is 127 Å². The van der Waals surface area contributed by atoms with E-state index in [0.717, 1.165) is 0 Å². The largest absolute Gasteiger partial charge is 0.387 e. The van der Waals surface area contributed by atoms with Crippen LogP contribution in [-0.2, 0) is 10.3 Å². The summed E-state index contributed by atoms with van der Waals surface area (Å²) in [5.74, 6) is 0.288. The predicted octanol–water partition coefficient (Wildman–Crippen LogP) is 1.85. The molecule has 0 spiro atoms. The summed E-state index contributed by atoms with van der Waals surface area (Å²) < 4.78 is 7.45. The summed E-state index contributed by atoms with van der Waals surface area (Å²) in [5.41, 5.74) is 5.03. The summed E-state index contributed by atoms with van der Waals surface area (Å²) in [6.07, 6.45) is -1.87. The molecule has 0 bridgehead atoms. The Morgan fingerprint density at radius 1 is 1.14 bits per heavy atom. The van der Waals surface area contributed by atoms with Crippen molar-refractivity contribution in [2.75, 3.05) is 5.73 Å². The molecule has 1 aliphatic heterocycles. The predicted molar refractivity (Wildman–Crippen MR) is 104 cm³/mol. The number of hydrogen-bond acceptors (Lipinski definition) is 7. The number of ether oxygens (including phenoxy) is 1. The Bertz CT molecular complexity index is 1040. The lowest BCUT2D eigenvalue weighted by atomic mass is 9.87. The zero-order valence-electron chi connectivity index (χ0n) is 14.7. The Kier molecular flexibility index (Phi) is 4.73. The minimum Gasteiger partial charge on any atom is -0.387 e. The van der Waals surface area contributed by atoms with Crippen LogP contribution in [0.5, 0.6) is 0 Å². The maximum absolute atomic E-state index is 11.1. The first kappa shape index (κ1) is 19.4. The summed E-state index contributed by atoms with van der Waals surface area (Å²) in [6, 6.07) is 6.32. The Balaban J connectivity index is 1.71. The highest BCUT2D eigenvalue weighted by Crippen LogP contribution is 2.41. The second-order valence-corrected chi connectivity index (χ2v) is 7.74. The van der Waals surface area contributed by atoms with E-state index in [9.17, 15) is 15.3 Å². The van der Waals surface area contributed by atoms with Gasteiger partial charge in [0.15, 0.2) is 6.23 Å². The van der Waals surface area contributed by atoms with E-state index >= 15 is 0 Å². The van der Waals surface area contributed by atoms with Gasteiger partial charge in [-0.2, -0.15) is 0 Å². The molecule has 5 atom stereocenters. The number of anilines is 1. The van der Waals surface area contributed by atoms with Crippen molar-refractivity contribution >= 4 is 40.1 Å². The van der Waals surface area contributed by atoms with E-state index in [-0.39, 0.29) is 10.8 Å². The zero-order valence-corrected chi connectivity index (χ0v) is 16.2. The van der Waals surface area contributed by atoms with E-state index in [4.69, 9.17) is 33.7 Å². The lowest BCUT2D eigenvalue weighted by Crippen LogP contribution is -2.45. The highest BCUT2D eigenvalue weighted by atomic mass is 35.5. The van der Waals surface area contributed by atoms with Crippen LogP contribution in [0.25, 0.3) is 11.0 Å². The van der Waals surface area contributed by atoms with Gasteiger partial charge in [0.25, 0.3) is 0 Å². The number of aliphatic hydroxyl groups excluding tert-OH is 2. The average molecular weight is 425 g/mol. The third-order valence-corrected chi connectivity index (χ3v) is 5.85. The van der Waals surface area contributed by atoms with Crippen LogP contribution in [0.2, 0.25) is 10.0 Å². The summed E-state index contributed by atoms with van der Waals surface area (Å²) in [4.78, 5) is 8.11. The molecule has 1 fully saturated rings. The summed E-state index contributed by atoms with van der Waals surface area (Å²) in [5, 5.41) is 33.5. The Labute approximate surface area is 170 Å². The lowest BCUT2D eigenvalue weighted by Gasteiger charge is -2.32. The van der Waals surface area contributed by atoms with Crippen LogP contribution in [0.3, 0.4) is 0 Å². The molecule has 148 valence electrons. The number of rotatable bonds is 3. The third kappa shape index (κ3) is 2.93. The maximum atomic E-state index is 11.1. The Hall–Kier alpha value is -1.94. The number of aliphatic hydroxyl groups is 3. The first-order chi connectivity index (χ1) is 13.2. The molecule has 1 aromatic carbocycles. The molecule has 5 N–H and O–H groups in total. The molecule has 3 heterocycles. The second-order valence-electron chi connectivity index (χ2n) is 6.92. The minimum atomic E-state index is -1.65. The van der Waals surface area contributed by atoms with Crippen LogP contribution in [-0.4, -0.2) is 48.2 Å². The fourth-order valence-electron chi connectivity index (χ4n) is 3.53. The number of nitrogens with two attached hydrogens (primary N) is 1. The van der Waals surface area contributed by atoms with Crippen molar-refractivity contribution in [1.29, 1.82) is 0 Å². The molecule has 8 nitrogen and oxygen atoms in total. The molecule has 0 saturated carbocycles. The van der Waals surface area contributed by atoms with E-state index in [1.54, 1.807) is 29.0 Å². The number of fused-ring (bicyclic) bond motifs is 1. The normalized spacial score (nSPS) is 27.2. The van der Waals surface area contributed by atoms with Gasteiger partial charge in [-0.3, -0.25) is 0 Å². The maximum Gasteiger partial charge on any atom is 0.164 e. The number of nitrogens with zero attached hydrogens (tertiary/aromatic N) is 3. The van der Waals surface area contributed by atoms with Gasteiger partial charge in [-0.05, 0) is 30.7 Å². The summed E-state index contributed by atoms with van der Waals surface area (Å²) in [6.45, 7) is 1.48.